The van der Waals surface area contributed by atoms with Crippen molar-refractivity contribution in [2.24, 2.45) is 0 Å². The van der Waals surface area contributed by atoms with Crippen LogP contribution in [0.1, 0.15) is 11.1 Å². The topological polar surface area (TPSA) is 60.5 Å². The van der Waals surface area contributed by atoms with Gasteiger partial charge in [0, 0.05) is 18.8 Å². The first-order valence-electron chi connectivity index (χ1n) is 6.60. The van der Waals surface area contributed by atoms with Crippen molar-refractivity contribution < 1.29 is 14.3 Å². The molecule has 0 unspecified atom stereocenters. The molecule has 2 rings (SSSR count). The summed E-state index contributed by atoms with van der Waals surface area (Å²) in [7, 11) is 3.17. The van der Waals surface area contributed by atoms with Gasteiger partial charge in [-0.15, -0.1) is 0 Å². The maximum Gasteiger partial charge on any atom is 0.224 e. The minimum atomic E-state index is -0.0425. The third-order valence-corrected chi connectivity index (χ3v) is 3.00. The third-order valence-electron chi connectivity index (χ3n) is 3.00. The quantitative estimate of drug-likeness (QED) is 0.882. The summed E-state index contributed by atoms with van der Waals surface area (Å²) in [5.41, 5.74) is 1.84. The Morgan fingerprint density at radius 3 is 2.67 bits per heavy atom. The predicted octanol–water partition coefficient (Wildman–Crippen LogP) is 1.96. The SMILES string of the molecule is COc1cccc(CC(=O)NCc2ccc(OC)nc2)c1. The highest BCUT2D eigenvalue weighted by molar-refractivity contribution is 5.78. The summed E-state index contributed by atoms with van der Waals surface area (Å²) in [6, 6.07) is 11.1. The molecule has 5 nitrogen and oxygen atoms in total. The molecule has 1 aromatic heterocycles. The smallest absolute Gasteiger partial charge is 0.224 e. The molecule has 110 valence electrons. The van der Waals surface area contributed by atoms with Gasteiger partial charge in [-0.2, -0.15) is 0 Å². The van der Waals surface area contributed by atoms with Crippen LogP contribution in [0.5, 0.6) is 11.6 Å². The third kappa shape index (κ3) is 4.49. The van der Waals surface area contributed by atoms with Crippen molar-refractivity contribution in [3.05, 3.63) is 53.7 Å². The van der Waals surface area contributed by atoms with Crippen LogP contribution >= 0.6 is 0 Å². The zero-order chi connectivity index (χ0) is 15.1. The molecule has 0 fully saturated rings. The molecule has 1 N–H and O–H groups in total. The normalized spacial score (nSPS) is 10.0. The van der Waals surface area contributed by atoms with Crippen LogP contribution in [0.3, 0.4) is 0 Å². The molecule has 0 atom stereocenters. The second-order valence-electron chi connectivity index (χ2n) is 4.51. The van der Waals surface area contributed by atoms with Crippen LogP contribution in [0, 0.1) is 0 Å². The number of carbonyl (C=O) groups is 1. The summed E-state index contributed by atoms with van der Waals surface area (Å²) >= 11 is 0. The highest BCUT2D eigenvalue weighted by atomic mass is 16.5. The van der Waals surface area contributed by atoms with E-state index in [9.17, 15) is 4.79 Å². The van der Waals surface area contributed by atoms with E-state index in [2.05, 4.69) is 10.3 Å². The van der Waals surface area contributed by atoms with Gasteiger partial charge in [0.15, 0.2) is 0 Å². The summed E-state index contributed by atoms with van der Waals surface area (Å²) in [6.45, 7) is 0.444. The van der Waals surface area contributed by atoms with Crippen molar-refractivity contribution in [1.29, 1.82) is 0 Å². The Bertz CT molecular complexity index is 597. The standard InChI is InChI=1S/C16H18N2O3/c1-20-14-5-3-4-12(8-14)9-15(19)17-10-13-6-7-16(21-2)18-11-13/h3-8,11H,9-10H2,1-2H3,(H,17,19). The van der Waals surface area contributed by atoms with Gasteiger partial charge in [0.25, 0.3) is 0 Å². The minimum Gasteiger partial charge on any atom is -0.497 e. The molecule has 1 heterocycles. The van der Waals surface area contributed by atoms with Gasteiger partial charge >= 0.3 is 0 Å². The van der Waals surface area contributed by atoms with Gasteiger partial charge < -0.3 is 14.8 Å². The molecule has 0 aliphatic rings. The summed E-state index contributed by atoms with van der Waals surface area (Å²) in [5, 5.41) is 2.86. The molecule has 21 heavy (non-hydrogen) atoms. The average molecular weight is 286 g/mol. The minimum absolute atomic E-state index is 0.0425. The van der Waals surface area contributed by atoms with Gasteiger partial charge in [-0.25, -0.2) is 4.98 Å². The van der Waals surface area contributed by atoms with E-state index < -0.39 is 0 Å². The van der Waals surface area contributed by atoms with E-state index in [-0.39, 0.29) is 5.91 Å². The Hall–Kier alpha value is -2.56. The molecular formula is C16H18N2O3. The highest BCUT2D eigenvalue weighted by Gasteiger charge is 2.05. The van der Waals surface area contributed by atoms with E-state index in [1.165, 1.54) is 0 Å². The zero-order valence-electron chi connectivity index (χ0n) is 12.1. The molecule has 0 aliphatic carbocycles. The fourth-order valence-corrected chi connectivity index (χ4v) is 1.87. The van der Waals surface area contributed by atoms with Crippen molar-refractivity contribution in [1.82, 2.24) is 10.3 Å². The second-order valence-corrected chi connectivity index (χ2v) is 4.51. The Morgan fingerprint density at radius 1 is 1.14 bits per heavy atom. The molecule has 0 aliphatic heterocycles. The number of hydrogen-bond donors (Lipinski definition) is 1. The van der Waals surface area contributed by atoms with E-state index in [4.69, 9.17) is 9.47 Å². The van der Waals surface area contributed by atoms with Crippen LogP contribution < -0.4 is 14.8 Å². The number of amides is 1. The molecule has 0 radical (unpaired) electrons. The van der Waals surface area contributed by atoms with E-state index in [0.717, 1.165) is 16.9 Å². The second kappa shape index (κ2) is 7.28. The number of pyridine rings is 1. The first-order valence-corrected chi connectivity index (χ1v) is 6.60. The van der Waals surface area contributed by atoms with E-state index in [0.29, 0.717) is 18.8 Å². The fraction of sp³-hybridized carbons (Fsp3) is 0.250. The molecule has 1 aromatic carbocycles. The van der Waals surface area contributed by atoms with E-state index in [1.54, 1.807) is 26.5 Å². The predicted molar refractivity (Wildman–Crippen MR) is 79.3 cm³/mol. The lowest BCUT2D eigenvalue weighted by molar-refractivity contribution is -0.120. The number of hydrogen-bond acceptors (Lipinski definition) is 4. The number of benzene rings is 1. The number of nitrogens with zero attached hydrogens (tertiary/aromatic N) is 1. The molecule has 1 amide bonds. The van der Waals surface area contributed by atoms with Crippen molar-refractivity contribution >= 4 is 5.91 Å². The summed E-state index contributed by atoms with van der Waals surface area (Å²) < 4.78 is 10.1. The molecule has 0 saturated carbocycles. The lowest BCUT2D eigenvalue weighted by Crippen LogP contribution is -2.24. The lowest BCUT2D eigenvalue weighted by Gasteiger charge is -2.07. The Kier molecular flexibility index (Phi) is 5.15. The van der Waals surface area contributed by atoms with Crippen LogP contribution in [-0.2, 0) is 17.8 Å². The average Bonchev–Trinajstić information content (AvgIpc) is 2.53. The van der Waals surface area contributed by atoms with Crippen LogP contribution in [0.15, 0.2) is 42.6 Å². The Morgan fingerprint density at radius 2 is 2.00 bits per heavy atom. The van der Waals surface area contributed by atoms with Crippen LogP contribution in [0.4, 0.5) is 0 Å². The molecule has 2 aromatic rings. The monoisotopic (exact) mass is 286 g/mol. The number of rotatable bonds is 6. The van der Waals surface area contributed by atoms with Crippen LogP contribution in [-0.4, -0.2) is 25.1 Å². The van der Waals surface area contributed by atoms with Gasteiger partial charge in [-0.05, 0) is 23.3 Å². The molecule has 0 bridgehead atoms. The molecule has 5 heteroatoms. The maximum atomic E-state index is 11.9. The van der Waals surface area contributed by atoms with Crippen LogP contribution in [0.2, 0.25) is 0 Å². The van der Waals surface area contributed by atoms with Gasteiger partial charge in [-0.1, -0.05) is 18.2 Å². The van der Waals surface area contributed by atoms with E-state index >= 15 is 0 Å². The summed E-state index contributed by atoms with van der Waals surface area (Å²) in [6.07, 6.45) is 2.01. The lowest BCUT2D eigenvalue weighted by atomic mass is 10.1. The number of carbonyl (C=O) groups excluding carboxylic acids is 1. The van der Waals surface area contributed by atoms with E-state index in [1.807, 2.05) is 30.3 Å². The van der Waals surface area contributed by atoms with Crippen molar-refractivity contribution in [2.45, 2.75) is 13.0 Å². The number of aromatic nitrogens is 1. The molecular weight excluding hydrogens is 268 g/mol. The van der Waals surface area contributed by atoms with Crippen LogP contribution in [0.25, 0.3) is 0 Å². The summed E-state index contributed by atoms with van der Waals surface area (Å²) in [4.78, 5) is 16.0. The molecule has 0 saturated heterocycles. The largest absolute Gasteiger partial charge is 0.497 e. The van der Waals surface area contributed by atoms with Crippen molar-refractivity contribution in [3.8, 4) is 11.6 Å². The highest BCUT2D eigenvalue weighted by Crippen LogP contribution is 2.13. The van der Waals surface area contributed by atoms with Crippen molar-refractivity contribution in [2.75, 3.05) is 14.2 Å². The first kappa shape index (κ1) is 14.8. The number of ether oxygens (including phenoxy) is 2. The van der Waals surface area contributed by atoms with Crippen molar-refractivity contribution in [3.63, 3.8) is 0 Å². The van der Waals surface area contributed by atoms with Gasteiger partial charge in [0.1, 0.15) is 5.75 Å². The van der Waals surface area contributed by atoms with Gasteiger partial charge in [0.05, 0.1) is 20.6 Å². The van der Waals surface area contributed by atoms with Gasteiger partial charge in [-0.3, -0.25) is 4.79 Å². The first-order chi connectivity index (χ1) is 10.2. The molecule has 0 spiro atoms. The number of nitrogens with one attached hydrogen (secondary N) is 1. The Labute approximate surface area is 123 Å². The fourth-order valence-electron chi connectivity index (χ4n) is 1.87. The summed E-state index contributed by atoms with van der Waals surface area (Å²) in [5.74, 6) is 1.26. The zero-order valence-corrected chi connectivity index (χ0v) is 12.1. The Balaban J connectivity index is 1.86. The number of methoxy groups -OCH3 is 2. The maximum absolute atomic E-state index is 11.9. The van der Waals surface area contributed by atoms with Gasteiger partial charge in [0.2, 0.25) is 11.8 Å².